The van der Waals surface area contributed by atoms with Gasteiger partial charge in [0.05, 0.1) is 18.7 Å². The molecule has 2 aromatic heterocycles. The third kappa shape index (κ3) is 6.56. The molecule has 1 N–H and O–H groups in total. The summed E-state index contributed by atoms with van der Waals surface area (Å²) in [6, 6.07) is 3.94. The second-order valence-electron chi connectivity index (χ2n) is 9.15. The average Bonchev–Trinajstić information content (AvgIpc) is 3.62. The van der Waals surface area contributed by atoms with Gasteiger partial charge in [0.2, 0.25) is 22.1 Å². The van der Waals surface area contributed by atoms with Crippen LogP contribution in [0.2, 0.25) is 0 Å². The molecule has 2 aromatic rings. The van der Waals surface area contributed by atoms with Gasteiger partial charge in [-0.1, -0.05) is 24.7 Å². The third-order valence-corrected chi connectivity index (χ3v) is 7.52. The van der Waals surface area contributed by atoms with Crippen LogP contribution in [-0.2, 0) is 16.1 Å². The number of hydrogen-bond acceptors (Lipinski definition) is 8. The fraction of sp³-hybridized carbons (Fsp3) is 0.667. The van der Waals surface area contributed by atoms with Crippen LogP contribution in [0.1, 0.15) is 57.6 Å². The zero-order valence-corrected chi connectivity index (χ0v) is 20.9. The summed E-state index contributed by atoms with van der Waals surface area (Å²) in [5, 5.41) is 13.2. The summed E-state index contributed by atoms with van der Waals surface area (Å²) in [5.41, 5.74) is 0. The van der Waals surface area contributed by atoms with E-state index in [4.69, 9.17) is 4.42 Å². The summed E-state index contributed by atoms with van der Waals surface area (Å²) < 4.78 is 5.51. The Hall–Kier alpha value is -2.46. The van der Waals surface area contributed by atoms with E-state index in [0.29, 0.717) is 24.6 Å². The summed E-state index contributed by atoms with van der Waals surface area (Å²) >= 11 is 1.45. The molecule has 0 aliphatic carbocycles. The molecule has 0 spiro atoms. The molecule has 1 atom stereocenters. The standard InChI is InChI=1S/C24H36N6O3S/c1-2-3-12-28(18-20-9-6-16-33-20)13-7-11-25-22(32)19-8-4-14-29(17-19)23-26-27-24(34-23)30-15-5-10-21(30)31/h6,9,16,19H,2-5,7-8,10-15,17-18H2,1H3,(H,25,32). The van der Waals surface area contributed by atoms with Crippen molar-refractivity contribution in [1.82, 2.24) is 20.4 Å². The van der Waals surface area contributed by atoms with Crippen molar-refractivity contribution < 1.29 is 14.0 Å². The number of nitrogens with zero attached hydrogens (tertiary/aromatic N) is 5. The summed E-state index contributed by atoms with van der Waals surface area (Å²) in [5.74, 6) is 1.18. The van der Waals surface area contributed by atoms with Gasteiger partial charge in [-0.15, -0.1) is 10.2 Å². The number of unbranched alkanes of at least 4 members (excludes halogenated alkanes) is 1. The van der Waals surface area contributed by atoms with Crippen LogP contribution >= 0.6 is 11.3 Å². The van der Waals surface area contributed by atoms with Gasteiger partial charge < -0.3 is 14.6 Å². The van der Waals surface area contributed by atoms with Crippen molar-refractivity contribution in [1.29, 1.82) is 0 Å². The van der Waals surface area contributed by atoms with E-state index >= 15 is 0 Å². The summed E-state index contributed by atoms with van der Waals surface area (Å²) in [6.07, 6.45) is 8.24. The van der Waals surface area contributed by atoms with Crippen LogP contribution < -0.4 is 15.1 Å². The van der Waals surface area contributed by atoms with E-state index in [-0.39, 0.29) is 17.7 Å². The topological polar surface area (TPSA) is 94.8 Å². The van der Waals surface area contributed by atoms with E-state index in [1.54, 1.807) is 11.2 Å². The predicted octanol–water partition coefficient (Wildman–Crippen LogP) is 3.28. The zero-order valence-electron chi connectivity index (χ0n) is 20.1. The van der Waals surface area contributed by atoms with Crippen LogP contribution in [-0.4, -0.2) is 66.2 Å². The van der Waals surface area contributed by atoms with E-state index in [1.165, 1.54) is 11.3 Å². The first kappa shape index (κ1) is 24.7. The molecule has 2 amide bonds. The maximum Gasteiger partial charge on any atom is 0.228 e. The number of piperidine rings is 1. The molecule has 2 saturated heterocycles. The average molecular weight is 489 g/mol. The molecule has 4 heterocycles. The molecule has 186 valence electrons. The highest BCUT2D eigenvalue weighted by atomic mass is 32.1. The number of nitrogens with one attached hydrogen (secondary N) is 1. The van der Waals surface area contributed by atoms with Crippen LogP contribution in [0.15, 0.2) is 22.8 Å². The number of anilines is 2. The molecule has 10 heteroatoms. The molecule has 9 nitrogen and oxygen atoms in total. The minimum absolute atomic E-state index is 0.0474. The molecule has 34 heavy (non-hydrogen) atoms. The highest BCUT2D eigenvalue weighted by molar-refractivity contribution is 7.19. The van der Waals surface area contributed by atoms with E-state index < -0.39 is 0 Å². The van der Waals surface area contributed by atoms with Gasteiger partial charge in [0.15, 0.2) is 0 Å². The van der Waals surface area contributed by atoms with Gasteiger partial charge in [0, 0.05) is 39.1 Å². The minimum Gasteiger partial charge on any atom is -0.468 e. The van der Waals surface area contributed by atoms with Gasteiger partial charge in [0.1, 0.15) is 5.76 Å². The van der Waals surface area contributed by atoms with Crippen molar-refractivity contribution in [2.24, 2.45) is 5.92 Å². The third-order valence-electron chi connectivity index (χ3n) is 6.51. The van der Waals surface area contributed by atoms with Gasteiger partial charge in [-0.3, -0.25) is 19.4 Å². The Morgan fingerprint density at radius 2 is 2.09 bits per heavy atom. The Balaban J connectivity index is 1.21. The Bertz CT molecular complexity index is 918. The van der Waals surface area contributed by atoms with Crippen molar-refractivity contribution in [3.05, 3.63) is 24.2 Å². The Morgan fingerprint density at radius 3 is 2.85 bits per heavy atom. The number of furan rings is 1. The first-order valence-corrected chi connectivity index (χ1v) is 13.4. The number of rotatable bonds is 12. The Labute approximate surface area is 205 Å². The SMILES string of the molecule is CCCCN(CCCNC(=O)C1CCCN(c2nnc(N3CCCC3=O)s2)C1)Cc1ccco1. The Morgan fingerprint density at radius 1 is 1.24 bits per heavy atom. The molecule has 0 bridgehead atoms. The second-order valence-corrected chi connectivity index (χ2v) is 10.1. The van der Waals surface area contributed by atoms with Crippen molar-refractivity contribution in [2.45, 2.75) is 58.4 Å². The summed E-state index contributed by atoms with van der Waals surface area (Å²) in [7, 11) is 0. The highest BCUT2D eigenvalue weighted by Crippen LogP contribution is 2.32. The summed E-state index contributed by atoms with van der Waals surface area (Å²) in [4.78, 5) is 31.1. The molecular formula is C24H36N6O3S. The monoisotopic (exact) mass is 488 g/mol. The van der Waals surface area contributed by atoms with E-state index in [9.17, 15) is 9.59 Å². The van der Waals surface area contributed by atoms with Crippen LogP contribution in [0, 0.1) is 5.92 Å². The van der Waals surface area contributed by atoms with E-state index in [0.717, 1.165) is 82.1 Å². The molecule has 2 aliphatic rings. The summed E-state index contributed by atoms with van der Waals surface area (Å²) in [6.45, 7) is 7.89. The van der Waals surface area contributed by atoms with Crippen LogP contribution in [0.25, 0.3) is 0 Å². The lowest BCUT2D eigenvalue weighted by Gasteiger charge is -2.31. The number of carbonyl (C=O) groups excluding carboxylic acids is 2. The number of amides is 2. The number of carbonyl (C=O) groups is 2. The molecular weight excluding hydrogens is 452 g/mol. The van der Waals surface area contributed by atoms with Crippen molar-refractivity contribution in [2.75, 3.05) is 49.1 Å². The lowest BCUT2D eigenvalue weighted by atomic mass is 9.97. The fourth-order valence-electron chi connectivity index (χ4n) is 4.59. The minimum atomic E-state index is -0.0474. The fourth-order valence-corrected chi connectivity index (χ4v) is 5.52. The number of aromatic nitrogens is 2. The van der Waals surface area contributed by atoms with Gasteiger partial charge in [0.25, 0.3) is 0 Å². The first-order valence-electron chi connectivity index (χ1n) is 12.6. The van der Waals surface area contributed by atoms with Gasteiger partial charge in [-0.25, -0.2) is 0 Å². The van der Waals surface area contributed by atoms with Crippen molar-refractivity contribution >= 4 is 33.4 Å². The maximum absolute atomic E-state index is 12.9. The Kier molecular flexibility index (Phi) is 8.92. The largest absolute Gasteiger partial charge is 0.468 e. The molecule has 0 aromatic carbocycles. The molecule has 0 saturated carbocycles. The highest BCUT2D eigenvalue weighted by Gasteiger charge is 2.30. The lowest BCUT2D eigenvalue weighted by Crippen LogP contribution is -2.43. The van der Waals surface area contributed by atoms with Gasteiger partial charge in [-0.05, 0) is 50.8 Å². The van der Waals surface area contributed by atoms with Crippen molar-refractivity contribution in [3.63, 3.8) is 0 Å². The van der Waals surface area contributed by atoms with Crippen LogP contribution in [0.4, 0.5) is 10.3 Å². The molecule has 2 aliphatic heterocycles. The van der Waals surface area contributed by atoms with Crippen LogP contribution in [0.5, 0.6) is 0 Å². The predicted molar refractivity (Wildman–Crippen MR) is 133 cm³/mol. The molecule has 1 unspecified atom stereocenters. The second kappa shape index (κ2) is 12.3. The molecule has 2 fully saturated rings. The lowest BCUT2D eigenvalue weighted by molar-refractivity contribution is -0.125. The van der Waals surface area contributed by atoms with Gasteiger partial charge >= 0.3 is 0 Å². The van der Waals surface area contributed by atoms with Gasteiger partial charge in [-0.2, -0.15) is 0 Å². The smallest absolute Gasteiger partial charge is 0.228 e. The van der Waals surface area contributed by atoms with E-state index in [2.05, 4.69) is 32.2 Å². The number of hydrogen-bond donors (Lipinski definition) is 1. The van der Waals surface area contributed by atoms with E-state index in [1.807, 2.05) is 12.1 Å². The van der Waals surface area contributed by atoms with Crippen molar-refractivity contribution in [3.8, 4) is 0 Å². The molecule has 4 rings (SSSR count). The maximum atomic E-state index is 12.9. The molecule has 0 radical (unpaired) electrons. The zero-order chi connectivity index (χ0) is 23.8. The first-order chi connectivity index (χ1) is 16.6. The quantitative estimate of drug-likeness (QED) is 0.458. The van der Waals surface area contributed by atoms with Crippen LogP contribution in [0.3, 0.4) is 0 Å². The normalized spacial score (nSPS) is 18.8.